The van der Waals surface area contributed by atoms with Gasteiger partial charge in [0.15, 0.2) is 0 Å². The maximum absolute atomic E-state index is 12.3. The summed E-state index contributed by atoms with van der Waals surface area (Å²) in [5.41, 5.74) is 5.74. The predicted octanol–water partition coefficient (Wildman–Crippen LogP) is 1.54. The fraction of sp³-hybridized carbons (Fsp3) is 0.933. The lowest BCUT2D eigenvalue weighted by Crippen LogP contribution is -2.48. The standard InChI is InChI=1S/C15H29N3O/c1-2-3-7-12(10-16)17-15(19)14-9-11-6-4-5-8-13(11)18-14/h11-14,18H,2-10,16H2,1H3,(H,17,19). The molecule has 1 amide bonds. The lowest BCUT2D eigenvalue weighted by molar-refractivity contribution is -0.123. The Labute approximate surface area is 116 Å². The third-order valence-electron chi connectivity index (χ3n) is 4.72. The van der Waals surface area contributed by atoms with Gasteiger partial charge < -0.3 is 16.4 Å². The number of carbonyl (C=O) groups is 1. The topological polar surface area (TPSA) is 67.1 Å². The Bertz CT molecular complexity index is 281. The summed E-state index contributed by atoms with van der Waals surface area (Å²) in [4.78, 5) is 12.3. The van der Waals surface area contributed by atoms with Crippen LogP contribution in [0, 0.1) is 5.92 Å². The van der Waals surface area contributed by atoms with Crippen molar-refractivity contribution in [3.63, 3.8) is 0 Å². The minimum Gasteiger partial charge on any atom is -0.351 e. The zero-order valence-corrected chi connectivity index (χ0v) is 12.2. The van der Waals surface area contributed by atoms with Gasteiger partial charge in [-0.15, -0.1) is 0 Å². The van der Waals surface area contributed by atoms with Gasteiger partial charge in [-0.2, -0.15) is 0 Å². The van der Waals surface area contributed by atoms with Gasteiger partial charge in [-0.05, 0) is 31.6 Å². The molecular formula is C15H29N3O. The fourth-order valence-corrected chi connectivity index (χ4v) is 3.52. The quantitative estimate of drug-likeness (QED) is 0.684. The van der Waals surface area contributed by atoms with Crippen molar-refractivity contribution in [2.24, 2.45) is 11.7 Å². The number of nitrogens with one attached hydrogen (secondary N) is 2. The van der Waals surface area contributed by atoms with Gasteiger partial charge in [0.1, 0.15) is 0 Å². The van der Waals surface area contributed by atoms with Gasteiger partial charge in [0.05, 0.1) is 6.04 Å². The maximum Gasteiger partial charge on any atom is 0.237 e. The molecule has 4 nitrogen and oxygen atoms in total. The Balaban J connectivity index is 1.79. The Hall–Kier alpha value is -0.610. The van der Waals surface area contributed by atoms with E-state index in [1.807, 2.05) is 0 Å². The van der Waals surface area contributed by atoms with Crippen molar-refractivity contribution < 1.29 is 4.79 Å². The van der Waals surface area contributed by atoms with Gasteiger partial charge in [0.25, 0.3) is 0 Å². The average Bonchev–Trinajstić information content (AvgIpc) is 2.87. The molecule has 0 radical (unpaired) electrons. The van der Waals surface area contributed by atoms with Crippen LogP contribution in [0.4, 0.5) is 0 Å². The van der Waals surface area contributed by atoms with Crippen LogP contribution in [0.2, 0.25) is 0 Å². The van der Waals surface area contributed by atoms with Gasteiger partial charge in [-0.25, -0.2) is 0 Å². The molecule has 0 aromatic rings. The molecule has 1 heterocycles. The highest BCUT2D eigenvalue weighted by atomic mass is 16.2. The molecular weight excluding hydrogens is 238 g/mol. The summed E-state index contributed by atoms with van der Waals surface area (Å²) in [5, 5.41) is 6.65. The second-order valence-electron chi connectivity index (χ2n) is 6.19. The summed E-state index contributed by atoms with van der Waals surface area (Å²) < 4.78 is 0. The molecule has 1 saturated carbocycles. The van der Waals surface area contributed by atoms with E-state index in [4.69, 9.17) is 5.73 Å². The number of nitrogens with two attached hydrogens (primary N) is 1. The fourth-order valence-electron chi connectivity index (χ4n) is 3.52. The van der Waals surface area contributed by atoms with Crippen LogP contribution in [0.15, 0.2) is 0 Å². The van der Waals surface area contributed by atoms with Crippen LogP contribution in [0.1, 0.15) is 58.3 Å². The summed E-state index contributed by atoms with van der Waals surface area (Å²) in [7, 11) is 0. The van der Waals surface area contributed by atoms with E-state index >= 15 is 0 Å². The summed E-state index contributed by atoms with van der Waals surface area (Å²) in [6, 6.07) is 0.747. The van der Waals surface area contributed by atoms with E-state index in [9.17, 15) is 4.79 Å². The highest BCUT2D eigenvalue weighted by Crippen LogP contribution is 2.33. The molecule has 0 aromatic carbocycles. The minimum absolute atomic E-state index is 0.0174. The Morgan fingerprint density at radius 3 is 2.89 bits per heavy atom. The average molecular weight is 267 g/mol. The molecule has 4 N–H and O–H groups in total. The molecule has 4 unspecified atom stereocenters. The molecule has 0 bridgehead atoms. The van der Waals surface area contributed by atoms with Gasteiger partial charge in [0.2, 0.25) is 5.91 Å². The van der Waals surface area contributed by atoms with Crippen LogP contribution in [-0.4, -0.2) is 30.6 Å². The lowest BCUT2D eigenvalue weighted by atomic mass is 9.85. The van der Waals surface area contributed by atoms with E-state index in [2.05, 4.69) is 17.6 Å². The van der Waals surface area contributed by atoms with Crippen molar-refractivity contribution in [1.29, 1.82) is 0 Å². The molecule has 110 valence electrons. The monoisotopic (exact) mass is 267 g/mol. The Morgan fingerprint density at radius 1 is 1.42 bits per heavy atom. The highest BCUT2D eigenvalue weighted by molar-refractivity contribution is 5.82. The number of unbranched alkanes of at least 4 members (excludes halogenated alkanes) is 1. The van der Waals surface area contributed by atoms with Gasteiger partial charge >= 0.3 is 0 Å². The molecule has 4 heteroatoms. The number of fused-ring (bicyclic) bond motifs is 1. The number of hydrogen-bond donors (Lipinski definition) is 3. The normalized spacial score (nSPS) is 31.8. The number of amides is 1. The van der Waals surface area contributed by atoms with E-state index in [-0.39, 0.29) is 18.0 Å². The van der Waals surface area contributed by atoms with E-state index in [0.29, 0.717) is 12.6 Å². The molecule has 2 aliphatic rings. The van der Waals surface area contributed by atoms with Crippen LogP contribution in [-0.2, 0) is 4.79 Å². The first kappa shape index (κ1) is 14.8. The molecule has 1 aliphatic carbocycles. The molecule has 1 aliphatic heterocycles. The molecule has 2 fully saturated rings. The highest BCUT2D eigenvalue weighted by Gasteiger charge is 2.38. The number of hydrogen-bond acceptors (Lipinski definition) is 3. The van der Waals surface area contributed by atoms with Crippen molar-refractivity contribution in [3.05, 3.63) is 0 Å². The molecule has 19 heavy (non-hydrogen) atoms. The number of rotatable bonds is 6. The largest absolute Gasteiger partial charge is 0.351 e. The second-order valence-corrected chi connectivity index (χ2v) is 6.19. The SMILES string of the molecule is CCCCC(CN)NC(=O)C1CC2CCCCC2N1. The van der Waals surface area contributed by atoms with Crippen LogP contribution in [0.5, 0.6) is 0 Å². The smallest absolute Gasteiger partial charge is 0.237 e. The Morgan fingerprint density at radius 2 is 2.21 bits per heavy atom. The van der Waals surface area contributed by atoms with Crippen LogP contribution >= 0.6 is 0 Å². The van der Waals surface area contributed by atoms with Gasteiger partial charge in [0, 0.05) is 18.6 Å². The van der Waals surface area contributed by atoms with Crippen molar-refractivity contribution in [1.82, 2.24) is 10.6 Å². The van der Waals surface area contributed by atoms with Crippen molar-refractivity contribution in [2.45, 2.75) is 76.4 Å². The molecule has 4 atom stereocenters. The van der Waals surface area contributed by atoms with Gasteiger partial charge in [-0.1, -0.05) is 32.6 Å². The van der Waals surface area contributed by atoms with Crippen molar-refractivity contribution >= 4 is 5.91 Å². The van der Waals surface area contributed by atoms with Crippen LogP contribution in [0.25, 0.3) is 0 Å². The third kappa shape index (κ3) is 3.93. The predicted molar refractivity (Wildman–Crippen MR) is 77.8 cm³/mol. The van der Waals surface area contributed by atoms with Crippen molar-refractivity contribution in [2.75, 3.05) is 6.54 Å². The number of carbonyl (C=O) groups excluding carboxylic acids is 1. The zero-order chi connectivity index (χ0) is 13.7. The Kier molecular flexibility index (Phi) is 5.64. The molecule has 2 rings (SSSR count). The van der Waals surface area contributed by atoms with E-state index < -0.39 is 0 Å². The van der Waals surface area contributed by atoms with E-state index in [0.717, 1.165) is 31.6 Å². The maximum atomic E-state index is 12.3. The zero-order valence-electron chi connectivity index (χ0n) is 12.2. The van der Waals surface area contributed by atoms with Crippen LogP contribution < -0.4 is 16.4 Å². The molecule has 1 saturated heterocycles. The van der Waals surface area contributed by atoms with E-state index in [1.54, 1.807) is 0 Å². The summed E-state index contributed by atoms with van der Waals surface area (Å²) in [6.07, 6.45) is 9.47. The van der Waals surface area contributed by atoms with Crippen LogP contribution in [0.3, 0.4) is 0 Å². The first-order chi connectivity index (χ1) is 9.24. The molecule has 0 spiro atoms. The van der Waals surface area contributed by atoms with Crippen molar-refractivity contribution in [3.8, 4) is 0 Å². The summed E-state index contributed by atoms with van der Waals surface area (Å²) in [6.45, 7) is 2.71. The minimum atomic E-state index is 0.0174. The first-order valence-electron chi connectivity index (χ1n) is 8.01. The summed E-state index contributed by atoms with van der Waals surface area (Å²) in [5.74, 6) is 0.887. The lowest BCUT2D eigenvalue weighted by Gasteiger charge is -2.24. The van der Waals surface area contributed by atoms with Gasteiger partial charge in [-0.3, -0.25) is 4.79 Å². The summed E-state index contributed by atoms with van der Waals surface area (Å²) >= 11 is 0. The first-order valence-corrected chi connectivity index (χ1v) is 8.01. The second kappa shape index (κ2) is 7.25. The molecule has 0 aromatic heterocycles. The van der Waals surface area contributed by atoms with E-state index in [1.165, 1.54) is 25.7 Å². The third-order valence-corrected chi connectivity index (χ3v) is 4.72.